The predicted octanol–water partition coefficient (Wildman–Crippen LogP) is 3.92. The first-order chi connectivity index (χ1) is 17.5. The van der Waals surface area contributed by atoms with Crippen LogP contribution in [0.4, 0.5) is 23.2 Å². The molecule has 1 aliphatic carbocycles. The van der Waals surface area contributed by atoms with E-state index < -0.39 is 60.6 Å². The zero-order valence-corrected chi connectivity index (χ0v) is 19.7. The molecule has 4 rings (SSSR count). The average Bonchev–Trinajstić information content (AvgIpc) is 3.67. The van der Waals surface area contributed by atoms with Gasteiger partial charge in [0.15, 0.2) is 0 Å². The molecule has 1 saturated carbocycles. The lowest BCUT2D eigenvalue weighted by molar-refractivity contribution is -0.146. The third-order valence-corrected chi connectivity index (χ3v) is 6.56. The van der Waals surface area contributed by atoms with Gasteiger partial charge in [0, 0.05) is 29.4 Å². The quantitative estimate of drug-likeness (QED) is 0.437. The van der Waals surface area contributed by atoms with Gasteiger partial charge in [-0.2, -0.15) is 13.2 Å². The van der Waals surface area contributed by atoms with E-state index in [9.17, 15) is 31.9 Å². The molecule has 0 saturated heterocycles. The Kier molecular flexibility index (Phi) is 7.60. The molecular formula is C26H26F4N4O3. The van der Waals surface area contributed by atoms with Crippen LogP contribution in [0.2, 0.25) is 0 Å². The van der Waals surface area contributed by atoms with E-state index in [0.717, 1.165) is 18.9 Å². The van der Waals surface area contributed by atoms with Crippen molar-refractivity contribution in [2.75, 3.05) is 5.32 Å². The molecule has 37 heavy (non-hydrogen) atoms. The van der Waals surface area contributed by atoms with E-state index in [2.05, 4.69) is 15.6 Å². The molecule has 1 aliphatic heterocycles. The molecule has 0 spiro atoms. The zero-order valence-electron chi connectivity index (χ0n) is 19.7. The molecule has 2 aromatic carbocycles. The smallest absolute Gasteiger partial charge is 0.369 e. The standard InChI is InChI=1S/C26H26F4N4O3/c27-19-8-4-7-17-20(15-5-2-1-3-6-15)32-23(25(37)33-21(17)19)34-24(36)16(11-12-26(28,29)30)18(22(31)35)13-14-9-10-14/h1-8,14,16,18,23H,9-13H2,(H2,31,35)(H,33,37)(H,34,36)/t16-,18+,23+/m1/s1. The summed E-state index contributed by atoms with van der Waals surface area (Å²) in [6.07, 6.45) is -6.32. The van der Waals surface area contributed by atoms with Crippen molar-refractivity contribution in [2.45, 2.75) is 44.4 Å². The first-order valence-electron chi connectivity index (χ1n) is 11.9. The first kappa shape index (κ1) is 26.3. The minimum Gasteiger partial charge on any atom is -0.369 e. The Labute approximate surface area is 210 Å². The van der Waals surface area contributed by atoms with E-state index >= 15 is 0 Å². The number of hydrogen-bond donors (Lipinski definition) is 3. The molecule has 7 nitrogen and oxygen atoms in total. The van der Waals surface area contributed by atoms with Gasteiger partial charge in [0.05, 0.1) is 11.4 Å². The van der Waals surface area contributed by atoms with Gasteiger partial charge < -0.3 is 16.4 Å². The van der Waals surface area contributed by atoms with Gasteiger partial charge in [0.2, 0.25) is 18.0 Å². The van der Waals surface area contributed by atoms with Gasteiger partial charge in [-0.1, -0.05) is 55.3 Å². The van der Waals surface area contributed by atoms with Gasteiger partial charge in [-0.3, -0.25) is 14.4 Å². The van der Waals surface area contributed by atoms with Crippen molar-refractivity contribution in [1.29, 1.82) is 0 Å². The van der Waals surface area contributed by atoms with Crippen LogP contribution in [0.1, 0.15) is 43.2 Å². The molecule has 11 heteroatoms. The van der Waals surface area contributed by atoms with Crippen LogP contribution in [-0.2, 0) is 14.4 Å². The zero-order chi connectivity index (χ0) is 26.7. The van der Waals surface area contributed by atoms with E-state index in [-0.39, 0.29) is 29.3 Å². The van der Waals surface area contributed by atoms with Crippen molar-refractivity contribution in [2.24, 2.45) is 28.5 Å². The van der Waals surface area contributed by atoms with Crippen LogP contribution in [-0.4, -0.2) is 35.8 Å². The molecule has 0 aromatic heterocycles. The second-order valence-corrected chi connectivity index (χ2v) is 9.35. The van der Waals surface area contributed by atoms with Gasteiger partial charge in [0.25, 0.3) is 5.91 Å². The number of benzodiazepines with no additional fused rings is 1. The van der Waals surface area contributed by atoms with E-state index in [1.54, 1.807) is 36.4 Å². The molecule has 1 fully saturated rings. The molecule has 0 radical (unpaired) electrons. The Morgan fingerprint density at radius 1 is 1.08 bits per heavy atom. The van der Waals surface area contributed by atoms with Crippen LogP contribution < -0.4 is 16.4 Å². The normalized spacial score (nSPS) is 19.1. The highest BCUT2D eigenvalue weighted by Crippen LogP contribution is 2.39. The number of alkyl halides is 3. The highest BCUT2D eigenvalue weighted by molar-refractivity contribution is 6.20. The van der Waals surface area contributed by atoms with E-state index in [1.807, 2.05) is 0 Å². The van der Waals surface area contributed by atoms with Gasteiger partial charge in [-0.05, 0) is 24.8 Å². The Morgan fingerprint density at radius 3 is 2.41 bits per heavy atom. The number of nitrogens with zero attached hydrogens (tertiary/aromatic N) is 1. The SMILES string of the molecule is NC(=O)[C@@H](CC1CC1)[C@@H](CCC(F)(F)F)C(=O)N[C@@H]1N=C(c2ccccc2)c2cccc(F)c2NC1=O. The number of anilines is 1. The third-order valence-electron chi connectivity index (χ3n) is 6.56. The van der Waals surface area contributed by atoms with Gasteiger partial charge in [0.1, 0.15) is 5.82 Å². The van der Waals surface area contributed by atoms with Crippen molar-refractivity contribution in [3.63, 3.8) is 0 Å². The maximum Gasteiger partial charge on any atom is 0.389 e. The number of rotatable bonds is 9. The van der Waals surface area contributed by atoms with Crippen LogP contribution in [0.15, 0.2) is 53.5 Å². The van der Waals surface area contributed by atoms with Gasteiger partial charge >= 0.3 is 6.18 Å². The van der Waals surface area contributed by atoms with Crippen molar-refractivity contribution in [3.05, 3.63) is 65.5 Å². The molecule has 3 atom stereocenters. The van der Waals surface area contributed by atoms with Crippen molar-refractivity contribution >= 4 is 29.1 Å². The summed E-state index contributed by atoms with van der Waals surface area (Å²) in [6.45, 7) is 0. The molecule has 3 amide bonds. The number of carbonyl (C=O) groups excluding carboxylic acids is 3. The lowest BCUT2D eigenvalue weighted by atomic mass is 9.83. The maximum absolute atomic E-state index is 14.7. The topological polar surface area (TPSA) is 114 Å². The van der Waals surface area contributed by atoms with Crippen LogP contribution in [0.25, 0.3) is 0 Å². The highest BCUT2D eigenvalue weighted by atomic mass is 19.4. The van der Waals surface area contributed by atoms with Crippen molar-refractivity contribution in [1.82, 2.24) is 5.32 Å². The molecular weight excluding hydrogens is 492 g/mol. The molecule has 2 aromatic rings. The predicted molar refractivity (Wildman–Crippen MR) is 128 cm³/mol. The summed E-state index contributed by atoms with van der Waals surface area (Å²) in [6, 6.07) is 12.7. The first-order valence-corrected chi connectivity index (χ1v) is 11.9. The molecule has 0 unspecified atom stereocenters. The Balaban J connectivity index is 1.67. The summed E-state index contributed by atoms with van der Waals surface area (Å²) in [5.41, 5.74) is 6.37. The fourth-order valence-corrected chi connectivity index (χ4v) is 4.49. The lowest BCUT2D eigenvalue weighted by Crippen LogP contribution is -2.48. The maximum atomic E-state index is 14.7. The highest BCUT2D eigenvalue weighted by Gasteiger charge is 2.41. The van der Waals surface area contributed by atoms with Crippen LogP contribution >= 0.6 is 0 Å². The molecule has 0 bridgehead atoms. The second kappa shape index (κ2) is 10.7. The summed E-state index contributed by atoms with van der Waals surface area (Å²) in [5, 5.41) is 4.81. The number of halogens is 4. The number of nitrogens with one attached hydrogen (secondary N) is 2. The van der Waals surface area contributed by atoms with Crippen LogP contribution in [0, 0.1) is 23.6 Å². The minimum atomic E-state index is -4.56. The summed E-state index contributed by atoms with van der Waals surface area (Å²) < 4.78 is 53.8. The third kappa shape index (κ3) is 6.52. The second-order valence-electron chi connectivity index (χ2n) is 9.35. The van der Waals surface area contributed by atoms with Gasteiger partial charge in [-0.15, -0.1) is 0 Å². The summed E-state index contributed by atoms with van der Waals surface area (Å²) >= 11 is 0. The number of primary amides is 1. The van der Waals surface area contributed by atoms with Crippen molar-refractivity contribution in [3.8, 4) is 0 Å². The van der Waals surface area contributed by atoms with Crippen LogP contribution in [0.3, 0.4) is 0 Å². The molecule has 1 heterocycles. The van der Waals surface area contributed by atoms with E-state index in [0.29, 0.717) is 5.56 Å². The molecule has 196 valence electrons. The van der Waals surface area contributed by atoms with Crippen LogP contribution in [0.5, 0.6) is 0 Å². The number of amides is 3. The molecule has 2 aliphatic rings. The average molecular weight is 519 g/mol. The monoisotopic (exact) mass is 518 g/mol. The minimum absolute atomic E-state index is 0.111. The Morgan fingerprint density at radius 2 is 1.78 bits per heavy atom. The summed E-state index contributed by atoms with van der Waals surface area (Å²) in [7, 11) is 0. The molecule has 4 N–H and O–H groups in total. The largest absolute Gasteiger partial charge is 0.389 e. The number of fused-ring (bicyclic) bond motifs is 1. The number of nitrogens with two attached hydrogens (primary N) is 1. The van der Waals surface area contributed by atoms with E-state index in [4.69, 9.17) is 5.73 Å². The van der Waals surface area contributed by atoms with Crippen molar-refractivity contribution < 1.29 is 31.9 Å². The number of carbonyl (C=O) groups is 3. The summed E-state index contributed by atoms with van der Waals surface area (Å²) in [5.74, 6) is -5.85. The Bertz CT molecular complexity index is 1210. The fraction of sp³-hybridized carbons (Fsp3) is 0.385. The Hall–Kier alpha value is -3.76. The number of hydrogen-bond acceptors (Lipinski definition) is 4. The number of benzene rings is 2. The summed E-state index contributed by atoms with van der Waals surface area (Å²) in [4.78, 5) is 42.9. The fourth-order valence-electron chi connectivity index (χ4n) is 4.49. The van der Waals surface area contributed by atoms with Gasteiger partial charge in [-0.25, -0.2) is 9.38 Å². The number of para-hydroxylation sites is 1. The van der Waals surface area contributed by atoms with E-state index in [1.165, 1.54) is 6.07 Å². The lowest BCUT2D eigenvalue weighted by Gasteiger charge is -2.26. The number of aliphatic imine (C=N–C) groups is 1.